The lowest BCUT2D eigenvalue weighted by Crippen LogP contribution is -2.24. The van der Waals surface area contributed by atoms with Crippen molar-refractivity contribution in [2.45, 2.75) is 38.6 Å². The number of rotatable bonds is 4. The molecule has 1 unspecified atom stereocenters. The number of nitrogens with zero attached hydrogens (tertiary/aromatic N) is 3. The average Bonchev–Trinajstić information content (AvgIpc) is 3.11. The molecule has 3 heterocycles. The minimum absolute atomic E-state index is 0.394. The summed E-state index contributed by atoms with van der Waals surface area (Å²) < 4.78 is 5.40. The number of aryl methyl sites for hydroxylation is 1. The largest absolute Gasteiger partial charge is 0.379 e. The van der Waals surface area contributed by atoms with Crippen LogP contribution in [0.15, 0.2) is 6.07 Å². The van der Waals surface area contributed by atoms with E-state index < -0.39 is 0 Å². The molecule has 2 fully saturated rings. The summed E-state index contributed by atoms with van der Waals surface area (Å²) in [5.41, 5.74) is 1.11. The van der Waals surface area contributed by atoms with E-state index in [1.165, 1.54) is 12.8 Å². The third-order valence-corrected chi connectivity index (χ3v) is 3.80. The van der Waals surface area contributed by atoms with E-state index in [0.29, 0.717) is 6.04 Å². The molecule has 0 saturated carbocycles. The summed E-state index contributed by atoms with van der Waals surface area (Å²) in [6.45, 7) is 5.93. The van der Waals surface area contributed by atoms with Crippen molar-refractivity contribution in [3.8, 4) is 0 Å². The number of hydrogen-bond donors (Lipinski definition) is 1. The van der Waals surface area contributed by atoms with E-state index in [9.17, 15) is 0 Å². The maximum atomic E-state index is 5.40. The SMILES string of the molecule is CCc1cc(NC2CCOC2)nc(N2CCCC2)n1. The van der Waals surface area contributed by atoms with Crippen LogP contribution in [-0.4, -0.2) is 42.3 Å². The van der Waals surface area contributed by atoms with Gasteiger partial charge in [-0.05, 0) is 25.7 Å². The topological polar surface area (TPSA) is 50.3 Å². The van der Waals surface area contributed by atoms with Crippen LogP contribution in [0.2, 0.25) is 0 Å². The molecule has 5 heteroatoms. The summed E-state index contributed by atoms with van der Waals surface area (Å²) in [4.78, 5) is 11.6. The second-order valence-electron chi connectivity index (χ2n) is 5.30. The highest BCUT2D eigenvalue weighted by Crippen LogP contribution is 2.20. The molecule has 2 aliphatic heterocycles. The zero-order valence-electron chi connectivity index (χ0n) is 11.6. The maximum absolute atomic E-state index is 5.40. The third kappa shape index (κ3) is 2.97. The van der Waals surface area contributed by atoms with Gasteiger partial charge in [0.1, 0.15) is 5.82 Å². The van der Waals surface area contributed by atoms with Crippen LogP contribution in [-0.2, 0) is 11.2 Å². The fraction of sp³-hybridized carbons (Fsp3) is 0.714. The van der Waals surface area contributed by atoms with Crippen molar-refractivity contribution < 1.29 is 4.74 Å². The van der Waals surface area contributed by atoms with Gasteiger partial charge in [-0.15, -0.1) is 0 Å². The quantitative estimate of drug-likeness (QED) is 0.897. The first-order valence-electron chi connectivity index (χ1n) is 7.32. The van der Waals surface area contributed by atoms with Gasteiger partial charge in [0.2, 0.25) is 5.95 Å². The molecule has 1 aromatic rings. The number of hydrogen-bond acceptors (Lipinski definition) is 5. The zero-order valence-corrected chi connectivity index (χ0v) is 11.6. The second-order valence-corrected chi connectivity index (χ2v) is 5.30. The molecule has 1 aromatic heterocycles. The highest BCUT2D eigenvalue weighted by Gasteiger charge is 2.19. The Morgan fingerprint density at radius 2 is 2.21 bits per heavy atom. The minimum atomic E-state index is 0.394. The van der Waals surface area contributed by atoms with Gasteiger partial charge in [0.25, 0.3) is 0 Å². The third-order valence-electron chi connectivity index (χ3n) is 3.80. The van der Waals surface area contributed by atoms with Crippen molar-refractivity contribution in [3.05, 3.63) is 11.8 Å². The highest BCUT2D eigenvalue weighted by atomic mass is 16.5. The fourth-order valence-electron chi connectivity index (χ4n) is 2.65. The Bertz CT molecular complexity index is 425. The normalized spacial score (nSPS) is 23.0. The zero-order chi connectivity index (χ0) is 13.1. The van der Waals surface area contributed by atoms with E-state index in [1.54, 1.807) is 0 Å². The molecule has 2 aliphatic rings. The summed E-state index contributed by atoms with van der Waals surface area (Å²) in [7, 11) is 0. The number of aromatic nitrogens is 2. The summed E-state index contributed by atoms with van der Waals surface area (Å²) in [6, 6.07) is 2.46. The Kier molecular flexibility index (Phi) is 3.82. The van der Waals surface area contributed by atoms with Gasteiger partial charge < -0.3 is 15.0 Å². The molecule has 1 atom stereocenters. The van der Waals surface area contributed by atoms with Crippen LogP contribution < -0.4 is 10.2 Å². The molecule has 0 bridgehead atoms. The molecule has 0 aliphatic carbocycles. The van der Waals surface area contributed by atoms with E-state index in [-0.39, 0.29) is 0 Å². The molecular weight excluding hydrogens is 240 g/mol. The van der Waals surface area contributed by atoms with Crippen LogP contribution in [0.1, 0.15) is 31.9 Å². The van der Waals surface area contributed by atoms with E-state index in [1.807, 2.05) is 0 Å². The van der Waals surface area contributed by atoms with Crippen molar-refractivity contribution in [1.29, 1.82) is 0 Å². The molecule has 0 radical (unpaired) electrons. The first-order valence-corrected chi connectivity index (χ1v) is 7.32. The highest BCUT2D eigenvalue weighted by molar-refractivity contribution is 5.45. The Morgan fingerprint density at radius 3 is 2.89 bits per heavy atom. The predicted octanol–water partition coefficient (Wildman–Crippen LogP) is 1.84. The fourth-order valence-corrected chi connectivity index (χ4v) is 2.65. The van der Waals surface area contributed by atoms with E-state index >= 15 is 0 Å². The van der Waals surface area contributed by atoms with Gasteiger partial charge in [-0.2, -0.15) is 4.98 Å². The van der Waals surface area contributed by atoms with Gasteiger partial charge in [0, 0.05) is 31.5 Å². The molecule has 1 N–H and O–H groups in total. The predicted molar refractivity (Wildman–Crippen MR) is 75.7 cm³/mol. The molecular formula is C14H22N4O. The molecule has 104 valence electrons. The lowest BCUT2D eigenvalue weighted by molar-refractivity contribution is 0.195. The molecule has 2 saturated heterocycles. The molecule has 0 amide bonds. The maximum Gasteiger partial charge on any atom is 0.227 e. The number of nitrogens with one attached hydrogen (secondary N) is 1. The summed E-state index contributed by atoms with van der Waals surface area (Å²) in [6.07, 6.45) is 4.50. The van der Waals surface area contributed by atoms with Gasteiger partial charge in [-0.25, -0.2) is 4.98 Å². The second kappa shape index (κ2) is 5.74. The van der Waals surface area contributed by atoms with Crippen LogP contribution >= 0.6 is 0 Å². The standard InChI is InChI=1S/C14H22N4O/c1-2-11-9-13(15-12-5-8-19-10-12)17-14(16-11)18-6-3-4-7-18/h9,12H,2-8,10H2,1H3,(H,15,16,17). The summed E-state index contributed by atoms with van der Waals surface area (Å²) in [5, 5.41) is 3.48. The summed E-state index contributed by atoms with van der Waals surface area (Å²) >= 11 is 0. The van der Waals surface area contributed by atoms with Gasteiger partial charge in [-0.1, -0.05) is 6.92 Å². The average molecular weight is 262 g/mol. The number of ether oxygens (including phenoxy) is 1. The molecule has 19 heavy (non-hydrogen) atoms. The van der Waals surface area contributed by atoms with Crippen LogP contribution in [0, 0.1) is 0 Å². The van der Waals surface area contributed by atoms with Crippen molar-refractivity contribution in [2.24, 2.45) is 0 Å². The monoisotopic (exact) mass is 262 g/mol. The van der Waals surface area contributed by atoms with Crippen LogP contribution in [0.4, 0.5) is 11.8 Å². The Morgan fingerprint density at radius 1 is 1.37 bits per heavy atom. The van der Waals surface area contributed by atoms with Crippen LogP contribution in [0.5, 0.6) is 0 Å². The lowest BCUT2D eigenvalue weighted by atomic mass is 10.2. The lowest BCUT2D eigenvalue weighted by Gasteiger charge is -2.18. The Hall–Kier alpha value is -1.36. The van der Waals surface area contributed by atoms with E-state index in [4.69, 9.17) is 4.74 Å². The Labute approximate surface area is 114 Å². The summed E-state index contributed by atoms with van der Waals surface area (Å²) in [5.74, 6) is 1.84. The van der Waals surface area contributed by atoms with Gasteiger partial charge in [-0.3, -0.25) is 0 Å². The van der Waals surface area contributed by atoms with Crippen molar-refractivity contribution >= 4 is 11.8 Å². The molecule has 0 spiro atoms. The van der Waals surface area contributed by atoms with Gasteiger partial charge >= 0.3 is 0 Å². The van der Waals surface area contributed by atoms with Crippen LogP contribution in [0.25, 0.3) is 0 Å². The van der Waals surface area contributed by atoms with Crippen molar-refractivity contribution in [3.63, 3.8) is 0 Å². The Balaban J connectivity index is 1.79. The molecule has 3 rings (SSSR count). The van der Waals surface area contributed by atoms with Crippen LogP contribution in [0.3, 0.4) is 0 Å². The van der Waals surface area contributed by atoms with Gasteiger partial charge in [0.15, 0.2) is 0 Å². The van der Waals surface area contributed by atoms with Crippen molar-refractivity contribution in [2.75, 3.05) is 36.5 Å². The number of anilines is 2. The smallest absolute Gasteiger partial charge is 0.227 e. The van der Waals surface area contributed by atoms with E-state index in [0.717, 1.165) is 56.6 Å². The first kappa shape index (κ1) is 12.7. The van der Waals surface area contributed by atoms with E-state index in [2.05, 4.69) is 33.2 Å². The molecule has 0 aromatic carbocycles. The minimum Gasteiger partial charge on any atom is -0.379 e. The van der Waals surface area contributed by atoms with Crippen molar-refractivity contribution in [1.82, 2.24) is 9.97 Å². The van der Waals surface area contributed by atoms with Gasteiger partial charge in [0.05, 0.1) is 12.6 Å². The molecule has 5 nitrogen and oxygen atoms in total. The first-order chi connectivity index (χ1) is 9.35.